The van der Waals surface area contributed by atoms with E-state index in [1.54, 1.807) is 12.1 Å². The van der Waals surface area contributed by atoms with Gasteiger partial charge >= 0.3 is 0 Å². The van der Waals surface area contributed by atoms with Crippen molar-refractivity contribution in [2.24, 2.45) is 5.92 Å². The summed E-state index contributed by atoms with van der Waals surface area (Å²) < 4.78 is 28.1. The molecule has 0 atom stereocenters. The molecule has 0 heterocycles. The van der Waals surface area contributed by atoms with Gasteiger partial charge in [0.05, 0.1) is 5.02 Å². The highest BCUT2D eigenvalue weighted by molar-refractivity contribution is 7.92. The largest absolute Gasteiger partial charge is 0.352 e. The zero-order valence-corrected chi connectivity index (χ0v) is 17.5. The van der Waals surface area contributed by atoms with Gasteiger partial charge in [0.2, 0.25) is 0 Å². The Labute approximate surface area is 166 Å². The van der Waals surface area contributed by atoms with Crippen LogP contribution in [0.15, 0.2) is 41.3 Å². The highest BCUT2D eigenvalue weighted by atomic mass is 35.5. The van der Waals surface area contributed by atoms with Gasteiger partial charge in [-0.3, -0.25) is 9.52 Å². The highest BCUT2D eigenvalue weighted by Crippen LogP contribution is 2.26. The van der Waals surface area contributed by atoms with E-state index in [9.17, 15) is 13.2 Å². The van der Waals surface area contributed by atoms with E-state index in [1.807, 2.05) is 19.9 Å². The van der Waals surface area contributed by atoms with Gasteiger partial charge in [-0.2, -0.15) is 0 Å². The van der Waals surface area contributed by atoms with Gasteiger partial charge in [0.1, 0.15) is 4.90 Å². The second-order valence-electron chi connectivity index (χ2n) is 7.07. The number of nitrogens with one attached hydrogen (secondary N) is 2. The molecule has 2 N–H and O–H groups in total. The second kappa shape index (κ2) is 8.76. The number of carbonyl (C=O) groups is 1. The number of hydrogen-bond acceptors (Lipinski definition) is 3. The molecule has 0 saturated carbocycles. The Kier molecular flexibility index (Phi) is 6.89. The molecule has 2 rings (SSSR count). The fourth-order valence-corrected chi connectivity index (χ4v) is 4.24. The average Bonchev–Trinajstić information content (AvgIpc) is 2.53. The van der Waals surface area contributed by atoms with Crippen LogP contribution in [0.3, 0.4) is 0 Å². The summed E-state index contributed by atoms with van der Waals surface area (Å²) in [6, 6.07) is 9.67. The fraction of sp³-hybridized carbons (Fsp3) is 0.350. The molecular formula is C20H25ClN2O3S. The lowest BCUT2D eigenvalue weighted by atomic mass is 10.1. The van der Waals surface area contributed by atoms with E-state index < -0.39 is 10.0 Å². The van der Waals surface area contributed by atoms with Crippen molar-refractivity contribution in [2.75, 3.05) is 11.3 Å². The smallest absolute Gasteiger partial charge is 0.263 e. The molecule has 0 unspecified atom stereocenters. The number of benzene rings is 2. The molecule has 0 spiro atoms. The first-order chi connectivity index (χ1) is 12.6. The van der Waals surface area contributed by atoms with Crippen LogP contribution < -0.4 is 10.0 Å². The molecule has 0 radical (unpaired) electrons. The van der Waals surface area contributed by atoms with Gasteiger partial charge in [0, 0.05) is 17.8 Å². The van der Waals surface area contributed by atoms with Gasteiger partial charge in [-0.15, -0.1) is 0 Å². The van der Waals surface area contributed by atoms with Crippen molar-refractivity contribution in [3.8, 4) is 0 Å². The third kappa shape index (κ3) is 5.97. The summed E-state index contributed by atoms with van der Waals surface area (Å²) in [5.41, 5.74) is 2.59. The van der Waals surface area contributed by atoms with Crippen molar-refractivity contribution in [1.82, 2.24) is 5.32 Å². The molecule has 1 amide bonds. The first-order valence-corrected chi connectivity index (χ1v) is 10.6. The van der Waals surface area contributed by atoms with Gasteiger partial charge in [-0.25, -0.2) is 8.42 Å². The third-order valence-corrected chi connectivity index (χ3v) is 5.83. The Morgan fingerprint density at radius 2 is 1.70 bits per heavy atom. The molecule has 7 heteroatoms. The molecular weight excluding hydrogens is 384 g/mol. The molecule has 2 aromatic carbocycles. The van der Waals surface area contributed by atoms with E-state index in [1.165, 1.54) is 18.2 Å². The molecule has 146 valence electrons. The molecule has 0 aliphatic heterocycles. The van der Waals surface area contributed by atoms with Crippen LogP contribution in [0.5, 0.6) is 0 Å². The summed E-state index contributed by atoms with van der Waals surface area (Å²) >= 11 is 6.11. The standard InChI is InChI=1S/C20H25ClN2O3S/c1-13(2)7-8-22-20(24)16-5-6-18(21)19(12-16)27(25,26)23-17-10-14(3)9-15(4)11-17/h5-6,9-13,23H,7-8H2,1-4H3,(H,22,24). The number of anilines is 1. The molecule has 0 aromatic heterocycles. The van der Waals surface area contributed by atoms with E-state index in [4.69, 9.17) is 11.6 Å². The molecule has 0 bridgehead atoms. The first kappa shape index (κ1) is 21.3. The minimum Gasteiger partial charge on any atom is -0.352 e. The van der Waals surface area contributed by atoms with Crippen molar-refractivity contribution in [2.45, 2.75) is 39.0 Å². The molecule has 0 aliphatic rings. The quantitative estimate of drug-likeness (QED) is 0.706. The maximum atomic E-state index is 12.8. The Bertz CT molecular complexity index is 920. The number of halogens is 1. The van der Waals surface area contributed by atoms with Crippen LogP contribution in [-0.4, -0.2) is 20.9 Å². The van der Waals surface area contributed by atoms with Crippen molar-refractivity contribution in [1.29, 1.82) is 0 Å². The second-order valence-corrected chi connectivity index (χ2v) is 9.12. The zero-order valence-electron chi connectivity index (χ0n) is 16.0. The lowest BCUT2D eigenvalue weighted by molar-refractivity contribution is 0.0952. The number of carbonyl (C=O) groups excluding carboxylic acids is 1. The fourth-order valence-electron chi connectivity index (χ4n) is 2.67. The summed E-state index contributed by atoms with van der Waals surface area (Å²) in [7, 11) is -3.93. The minimum atomic E-state index is -3.93. The van der Waals surface area contributed by atoms with Crippen LogP contribution in [0.1, 0.15) is 41.8 Å². The van der Waals surface area contributed by atoms with Crippen LogP contribution in [0.25, 0.3) is 0 Å². The Balaban J connectivity index is 2.26. The maximum Gasteiger partial charge on any atom is 0.263 e. The van der Waals surface area contributed by atoms with Crippen LogP contribution in [0.4, 0.5) is 5.69 Å². The number of amides is 1. The lowest BCUT2D eigenvalue weighted by Crippen LogP contribution is -2.25. The van der Waals surface area contributed by atoms with E-state index in [-0.39, 0.29) is 21.4 Å². The summed E-state index contributed by atoms with van der Waals surface area (Å²) in [6.45, 7) is 8.44. The van der Waals surface area contributed by atoms with E-state index >= 15 is 0 Å². The van der Waals surface area contributed by atoms with Crippen LogP contribution in [0, 0.1) is 19.8 Å². The van der Waals surface area contributed by atoms with Gasteiger partial charge in [0.15, 0.2) is 0 Å². The number of sulfonamides is 1. The Hall–Kier alpha value is -2.05. The maximum absolute atomic E-state index is 12.8. The van der Waals surface area contributed by atoms with Gasteiger partial charge in [0.25, 0.3) is 15.9 Å². The van der Waals surface area contributed by atoms with E-state index in [0.29, 0.717) is 18.2 Å². The molecule has 0 saturated heterocycles. The number of rotatable bonds is 7. The molecule has 2 aromatic rings. The predicted octanol–water partition coefficient (Wildman–Crippen LogP) is 4.53. The SMILES string of the molecule is Cc1cc(C)cc(NS(=O)(=O)c2cc(C(=O)NCCC(C)C)ccc2Cl)c1. The number of hydrogen-bond donors (Lipinski definition) is 2. The Morgan fingerprint density at radius 3 is 2.30 bits per heavy atom. The summed E-state index contributed by atoms with van der Waals surface area (Å²) in [5, 5.41) is 2.86. The molecule has 0 aliphatic carbocycles. The summed E-state index contributed by atoms with van der Waals surface area (Å²) in [4.78, 5) is 12.2. The van der Waals surface area contributed by atoms with Crippen molar-refractivity contribution in [3.05, 3.63) is 58.1 Å². The highest BCUT2D eigenvalue weighted by Gasteiger charge is 2.20. The van der Waals surface area contributed by atoms with Gasteiger partial charge < -0.3 is 5.32 Å². The normalized spacial score (nSPS) is 11.5. The van der Waals surface area contributed by atoms with Crippen molar-refractivity contribution >= 4 is 33.2 Å². The Morgan fingerprint density at radius 1 is 1.07 bits per heavy atom. The topological polar surface area (TPSA) is 75.3 Å². The molecule has 27 heavy (non-hydrogen) atoms. The lowest BCUT2D eigenvalue weighted by Gasteiger charge is -2.13. The van der Waals surface area contributed by atoms with Crippen LogP contribution in [0.2, 0.25) is 5.02 Å². The monoisotopic (exact) mass is 408 g/mol. The van der Waals surface area contributed by atoms with E-state index in [2.05, 4.69) is 23.9 Å². The minimum absolute atomic E-state index is 0.0607. The first-order valence-electron chi connectivity index (χ1n) is 8.77. The zero-order chi connectivity index (χ0) is 20.2. The third-order valence-electron chi connectivity index (χ3n) is 3.96. The van der Waals surface area contributed by atoms with Gasteiger partial charge in [-0.1, -0.05) is 31.5 Å². The number of aryl methyl sites for hydroxylation is 2. The van der Waals surface area contributed by atoms with E-state index in [0.717, 1.165) is 17.5 Å². The summed E-state index contributed by atoms with van der Waals surface area (Å²) in [5.74, 6) is 0.142. The van der Waals surface area contributed by atoms with Crippen LogP contribution in [-0.2, 0) is 10.0 Å². The van der Waals surface area contributed by atoms with Crippen molar-refractivity contribution in [3.63, 3.8) is 0 Å². The molecule has 0 fully saturated rings. The summed E-state index contributed by atoms with van der Waals surface area (Å²) in [6.07, 6.45) is 0.846. The predicted molar refractivity (Wildman–Crippen MR) is 110 cm³/mol. The van der Waals surface area contributed by atoms with Crippen molar-refractivity contribution < 1.29 is 13.2 Å². The molecule has 5 nitrogen and oxygen atoms in total. The van der Waals surface area contributed by atoms with Crippen LogP contribution >= 0.6 is 11.6 Å². The van der Waals surface area contributed by atoms with Gasteiger partial charge in [-0.05, 0) is 67.6 Å². The average molecular weight is 409 g/mol.